The molecule has 1 aromatic rings. The van der Waals surface area contributed by atoms with E-state index in [-0.39, 0.29) is 16.9 Å². The van der Waals surface area contributed by atoms with Crippen molar-refractivity contribution in [3.05, 3.63) is 18.2 Å². The molecule has 1 aromatic carbocycles. The summed E-state index contributed by atoms with van der Waals surface area (Å²) in [6, 6.07) is 3.80. The first-order valence-corrected chi connectivity index (χ1v) is 10.4. The summed E-state index contributed by atoms with van der Waals surface area (Å²) in [5.41, 5.74) is 0. The van der Waals surface area contributed by atoms with Gasteiger partial charge in [0.25, 0.3) is 0 Å². The van der Waals surface area contributed by atoms with Crippen molar-refractivity contribution in [2.24, 2.45) is 0 Å². The lowest BCUT2D eigenvalue weighted by Crippen LogP contribution is -2.47. The molecule has 2 atom stereocenters. The topological polar surface area (TPSA) is 85.4 Å². The van der Waals surface area contributed by atoms with Crippen LogP contribution < -0.4 is 9.47 Å². The lowest BCUT2D eigenvalue weighted by molar-refractivity contribution is -0.134. The highest BCUT2D eigenvalue weighted by atomic mass is 32.2. The summed E-state index contributed by atoms with van der Waals surface area (Å²) >= 11 is 0. The summed E-state index contributed by atoms with van der Waals surface area (Å²) in [4.78, 5) is 14.7. The minimum Gasteiger partial charge on any atom is -0.493 e. The van der Waals surface area contributed by atoms with E-state index in [1.54, 1.807) is 18.1 Å². The highest BCUT2D eigenvalue weighted by Gasteiger charge is 2.42. The van der Waals surface area contributed by atoms with Gasteiger partial charge >= 0.3 is 0 Å². The Hall–Kier alpha value is -1.84. The molecule has 0 aliphatic carbocycles. The van der Waals surface area contributed by atoms with Crippen LogP contribution in [0.15, 0.2) is 23.1 Å². The van der Waals surface area contributed by atoms with Gasteiger partial charge in [-0.3, -0.25) is 4.79 Å². The largest absolute Gasteiger partial charge is 0.493 e. The second-order valence-electron chi connectivity index (χ2n) is 6.72. The maximum absolute atomic E-state index is 13.2. The van der Waals surface area contributed by atoms with Gasteiger partial charge in [0.2, 0.25) is 15.9 Å². The van der Waals surface area contributed by atoms with E-state index in [0.717, 1.165) is 6.42 Å². The average Bonchev–Trinajstić information content (AvgIpc) is 3.36. The van der Waals surface area contributed by atoms with E-state index in [1.165, 1.54) is 30.7 Å². The zero-order valence-corrected chi connectivity index (χ0v) is 16.7. The maximum atomic E-state index is 13.2. The van der Waals surface area contributed by atoms with Gasteiger partial charge in [0, 0.05) is 32.8 Å². The van der Waals surface area contributed by atoms with E-state index in [9.17, 15) is 13.2 Å². The third kappa shape index (κ3) is 3.76. The molecule has 2 aliphatic heterocycles. The van der Waals surface area contributed by atoms with Gasteiger partial charge in [0.05, 0.1) is 25.2 Å². The van der Waals surface area contributed by atoms with Crippen molar-refractivity contribution in [3.8, 4) is 11.5 Å². The molecule has 8 nitrogen and oxygen atoms in total. The molecule has 27 heavy (non-hydrogen) atoms. The number of hydrogen-bond acceptors (Lipinski definition) is 6. The fourth-order valence-electron chi connectivity index (χ4n) is 3.72. The smallest absolute Gasteiger partial charge is 0.243 e. The summed E-state index contributed by atoms with van der Waals surface area (Å²) in [5, 5.41) is 0. The number of ether oxygens (including phenoxy) is 3. The first-order valence-electron chi connectivity index (χ1n) is 8.97. The van der Waals surface area contributed by atoms with Gasteiger partial charge in [-0.1, -0.05) is 0 Å². The number of amides is 1. The molecule has 0 spiro atoms. The fraction of sp³-hybridized carbons (Fsp3) is 0.611. The first-order chi connectivity index (χ1) is 12.9. The van der Waals surface area contributed by atoms with Crippen LogP contribution in [0.5, 0.6) is 11.5 Å². The highest BCUT2D eigenvalue weighted by molar-refractivity contribution is 7.89. The number of hydrogen-bond donors (Lipinski definition) is 0. The summed E-state index contributed by atoms with van der Waals surface area (Å²) in [5.74, 6) is 0.646. The van der Waals surface area contributed by atoms with Crippen LogP contribution in [0.25, 0.3) is 0 Å². The van der Waals surface area contributed by atoms with Crippen LogP contribution in [0.4, 0.5) is 0 Å². The van der Waals surface area contributed by atoms with E-state index in [2.05, 4.69) is 0 Å². The Balaban J connectivity index is 1.84. The van der Waals surface area contributed by atoms with Crippen LogP contribution in [0.3, 0.4) is 0 Å². The van der Waals surface area contributed by atoms with Crippen molar-refractivity contribution in [1.82, 2.24) is 9.21 Å². The number of benzene rings is 1. The Morgan fingerprint density at radius 1 is 1.07 bits per heavy atom. The van der Waals surface area contributed by atoms with Gasteiger partial charge in [-0.05, 0) is 31.4 Å². The normalized spacial score (nSPS) is 23.6. The molecule has 0 N–H and O–H groups in total. The lowest BCUT2D eigenvalue weighted by Gasteiger charge is -2.27. The maximum Gasteiger partial charge on any atom is 0.243 e. The summed E-state index contributed by atoms with van der Waals surface area (Å²) in [6.45, 7) is 1.43. The Morgan fingerprint density at radius 2 is 1.81 bits per heavy atom. The zero-order valence-electron chi connectivity index (χ0n) is 15.9. The SMILES string of the molecule is COc1ccc(S(=O)(=O)N2CCCC2C(=O)N2CCC(OC)C2)cc1OC. The van der Waals surface area contributed by atoms with Gasteiger partial charge in [-0.25, -0.2) is 8.42 Å². The average molecular weight is 398 g/mol. The van der Waals surface area contributed by atoms with Crippen molar-refractivity contribution in [1.29, 1.82) is 0 Å². The molecule has 9 heteroatoms. The fourth-order valence-corrected chi connectivity index (χ4v) is 5.39. The molecule has 2 aliphatic rings. The van der Waals surface area contributed by atoms with Crippen LogP contribution in [0, 0.1) is 0 Å². The van der Waals surface area contributed by atoms with Crippen molar-refractivity contribution >= 4 is 15.9 Å². The Kier molecular flexibility index (Phi) is 5.92. The second-order valence-corrected chi connectivity index (χ2v) is 8.61. The van der Waals surface area contributed by atoms with E-state index in [4.69, 9.17) is 14.2 Å². The molecule has 1 amide bonds. The third-order valence-electron chi connectivity index (χ3n) is 5.24. The van der Waals surface area contributed by atoms with Crippen molar-refractivity contribution in [2.75, 3.05) is 41.0 Å². The van der Waals surface area contributed by atoms with Crippen LogP contribution in [0.2, 0.25) is 0 Å². The van der Waals surface area contributed by atoms with Gasteiger partial charge in [0.15, 0.2) is 11.5 Å². The predicted molar refractivity (Wildman–Crippen MR) is 98.5 cm³/mol. The standard InChI is InChI=1S/C18H26N2O6S/c1-24-13-8-10-19(12-13)18(21)15-5-4-9-20(15)27(22,23)14-6-7-16(25-2)17(11-14)26-3/h6-7,11,13,15H,4-5,8-10,12H2,1-3H3. The number of nitrogens with zero attached hydrogens (tertiary/aromatic N) is 2. The molecular formula is C18H26N2O6S. The van der Waals surface area contributed by atoms with E-state index < -0.39 is 16.1 Å². The van der Waals surface area contributed by atoms with Crippen LogP contribution >= 0.6 is 0 Å². The summed E-state index contributed by atoms with van der Waals surface area (Å²) < 4.78 is 43.4. The van der Waals surface area contributed by atoms with Crippen molar-refractivity contribution in [3.63, 3.8) is 0 Å². The monoisotopic (exact) mass is 398 g/mol. The van der Waals surface area contributed by atoms with Gasteiger partial charge in [0.1, 0.15) is 6.04 Å². The van der Waals surface area contributed by atoms with E-state index in [0.29, 0.717) is 44.0 Å². The molecule has 0 saturated carbocycles. The molecule has 0 bridgehead atoms. The molecule has 0 aromatic heterocycles. The van der Waals surface area contributed by atoms with Crippen LogP contribution in [-0.2, 0) is 19.6 Å². The Labute approximate surface area is 160 Å². The predicted octanol–water partition coefficient (Wildman–Crippen LogP) is 1.10. The summed E-state index contributed by atoms with van der Waals surface area (Å²) in [6.07, 6.45) is 1.98. The molecule has 2 fully saturated rings. The van der Waals surface area contributed by atoms with Crippen LogP contribution in [0.1, 0.15) is 19.3 Å². The summed E-state index contributed by atoms with van der Waals surface area (Å²) in [7, 11) is 0.752. The third-order valence-corrected chi connectivity index (χ3v) is 7.14. The van der Waals surface area contributed by atoms with Crippen molar-refractivity contribution in [2.45, 2.75) is 36.3 Å². The first kappa shape index (κ1) is 19.9. The molecule has 0 radical (unpaired) electrons. The molecule has 2 saturated heterocycles. The minimum absolute atomic E-state index is 0.0197. The number of carbonyl (C=O) groups excluding carboxylic acids is 1. The van der Waals surface area contributed by atoms with E-state index >= 15 is 0 Å². The Bertz CT molecular complexity index is 797. The van der Waals surface area contributed by atoms with E-state index in [1.807, 2.05) is 0 Å². The lowest BCUT2D eigenvalue weighted by atomic mass is 10.2. The van der Waals surface area contributed by atoms with Gasteiger partial charge < -0.3 is 19.1 Å². The quantitative estimate of drug-likeness (QED) is 0.714. The number of sulfonamides is 1. The van der Waals surface area contributed by atoms with Crippen molar-refractivity contribution < 1.29 is 27.4 Å². The highest BCUT2D eigenvalue weighted by Crippen LogP contribution is 2.33. The number of likely N-dealkylation sites (tertiary alicyclic amines) is 1. The van der Waals surface area contributed by atoms with Gasteiger partial charge in [-0.15, -0.1) is 0 Å². The molecule has 150 valence electrons. The number of carbonyl (C=O) groups is 1. The molecular weight excluding hydrogens is 372 g/mol. The second kappa shape index (κ2) is 8.04. The van der Waals surface area contributed by atoms with Crippen LogP contribution in [-0.4, -0.2) is 76.6 Å². The zero-order chi connectivity index (χ0) is 19.6. The molecule has 2 heterocycles. The number of methoxy groups -OCH3 is 3. The Morgan fingerprint density at radius 3 is 2.44 bits per heavy atom. The molecule has 3 rings (SSSR count). The number of rotatable bonds is 6. The van der Waals surface area contributed by atoms with Gasteiger partial charge in [-0.2, -0.15) is 4.31 Å². The minimum atomic E-state index is -3.82. The molecule has 2 unspecified atom stereocenters.